The predicted molar refractivity (Wildman–Crippen MR) is 153 cm³/mol. The van der Waals surface area contributed by atoms with Crippen LogP contribution < -0.4 is 10.9 Å². The first-order valence-corrected chi connectivity index (χ1v) is 14.7. The van der Waals surface area contributed by atoms with E-state index in [1.54, 1.807) is 9.25 Å². The molecule has 0 aliphatic carbocycles. The molecule has 210 valence electrons. The number of benzene rings is 3. The zero-order chi connectivity index (χ0) is 28.4. The first kappa shape index (κ1) is 26.8. The Morgan fingerprint density at radius 2 is 1.71 bits per heavy atom. The molecule has 0 spiro atoms. The van der Waals surface area contributed by atoms with Gasteiger partial charge in [-0.15, -0.1) is 0 Å². The van der Waals surface area contributed by atoms with Crippen molar-refractivity contribution in [2.24, 2.45) is 0 Å². The minimum atomic E-state index is -3.63. The van der Waals surface area contributed by atoms with Crippen LogP contribution >= 0.6 is 0 Å². The van der Waals surface area contributed by atoms with Crippen molar-refractivity contribution in [1.82, 2.24) is 29.0 Å². The molecule has 0 atom stereocenters. The fourth-order valence-electron chi connectivity index (χ4n) is 4.98. The molecule has 6 rings (SSSR count). The Labute approximate surface area is 236 Å². The lowest BCUT2D eigenvalue weighted by atomic mass is 10.0. The average Bonchev–Trinajstić information content (AvgIpc) is 3.43. The quantitative estimate of drug-likeness (QED) is 0.302. The van der Waals surface area contributed by atoms with Gasteiger partial charge in [-0.25, -0.2) is 18.1 Å². The average molecular weight is 573 g/mol. The van der Waals surface area contributed by atoms with E-state index in [0.717, 1.165) is 16.3 Å². The number of morpholine rings is 1. The summed E-state index contributed by atoms with van der Waals surface area (Å²) in [7, 11) is -3.63. The van der Waals surface area contributed by atoms with Gasteiger partial charge in [0.05, 0.1) is 37.4 Å². The maximum absolute atomic E-state index is 13.2. The van der Waals surface area contributed by atoms with Crippen LogP contribution in [0, 0.1) is 0 Å². The van der Waals surface area contributed by atoms with Crippen molar-refractivity contribution in [3.63, 3.8) is 0 Å². The first-order chi connectivity index (χ1) is 19.9. The molecule has 1 aliphatic heterocycles. The molecule has 0 radical (unpaired) electrons. The van der Waals surface area contributed by atoms with E-state index >= 15 is 0 Å². The second kappa shape index (κ2) is 11.2. The minimum Gasteiger partial charge on any atom is -0.379 e. The van der Waals surface area contributed by atoms with Gasteiger partial charge < -0.3 is 10.1 Å². The van der Waals surface area contributed by atoms with E-state index in [4.69, 9.17) is 4.74 Å². The molecule has 1 N–H and O–H groups in total. The van der Waals surface area contributed by atoms with Gasteiger partial charge in [-0.3, -0.25) is 14.2 Å². The number of ether oxygens (including phenoxy) is 1. The summed E-state index contributed by atoms with van der Waals surface area (Å²) in [6, 6.07) is 19.9. The van der Waals surface area contributed by atoms with Gasteiger partial charge >= 0.3 is 0 Å². The lowest BCUT2D eigenvalue weighted by Gasteiger charge is -2.26. The van der Waals surface area contributed by atoms with Gasteiger partial charge in [0.15, 0.2) is 5.65 Å². The fraction of sp³-hybridized carbons (Fsp3) is 0.241. The molecular formula is C29H28N6O5S. The van der Waals surface area contributed by atoms with E-state index in [1.165, 1.54) is 41.1 Å². The fourth-order valence-corrected chi connectivity index (χ4v) is 6.39. The lowest BCUT2D eigenvalue weighted by Crippen LogP contribution is -2.40. The van der Waals surface area contributed by atoms with E-state index in [1.807, 2.05) is 42.5 Å². The Morgan fingerprint density at radius 3 is 2.51 bits per heavy atom. The summed E-state index contributed by atoms with van der Waals surface area (Å²) < 4.78 is 35.4. The minimum absolute atomic E-state index is 0.135. The number of carbonyl (C=O) groups excluding carboxylic acids is 1. The van der Waals surface area contributed by atoms with Gasteiger partial charge in [0, 0.05) is 25.2 Å². The molecule has 1 fully saturated rings. The predicted octanol–water partition coefficient (Wildman–Crippen LogP) is 2.25. The number of nitrogens with zero attached hydrogens (tertiary/aromatic N) is 5. The van der Waals surface area contributed by atoms with Gasteiger partial charge in [0.25, 0.3) is 11.5 Å². The van der Waals surface area contributed by atoms with Crippen LogP contribution in [-0.4, -0.2) is 70.8 Å². The Morgan fingerprint density at radius 1 is 0.951 bits per heavy atom. The van der Waals surface area contributed by atoms with Crippen molar-refractivity contribution >= 4 is 37.7 Å². The highest BCUT2D eigenvalue weighted by atomic mass is 32.2. The van der Waals surface area contributed by atoms with Crippen LogP contribution in [0.2, 0.25) is 0 Å². The van der Waals surface area contributed by atoms with Crippen LogP contribution in [0.4, 0.5) is 0 Å². The number of amides is 1. The highest BCUT2D eigenvalue weighted by Gasteiger charge is 2.26. The summed E-state index contributed by atoms with van der Waals surface area (Å²) >= 11 is 0. The van der Waals surface area contributed by atoms with E-state index in [9.17, 15) is 18.0 Å². The number of rotatable bonds is 8. The monoisotopic (exact) mass is 572 g/mol. The number of fused-ring (bicyclic) bond motifs is 2. The second-order valence-corrected chi connectivity index (χ2v) is 11.7. The zero-order valence-electron chi connectivity index (χ0n) is 22.1. The second-order valence-electron chi connectivity index (χ2n) is 9.72. The molecule has 0 saturated carbocycles. The van der Waals surface area contributed by atoms with Crippen LogP contribution in [0.1, 0.15) is 15.9 Å². The van der Waals surface area contributed by atoms with Crippen molar-refractivity contribution in [2.45, 2.75) is 18.0 Å². The summed E-state index contributed by atoms with van der Waals surface area (Å²) in [6.45, 7) is 2.27. The molecule has 3 aromatic carbocycles. The van der Waals surface area contributed by atoms with Gasteiger partial charge in [0.1, 0.15) is 11.7 Å². The molecule has 2 aromatic heterocycles. The first-order valence-electron chi connectivity index (χ1n) is 13.3. The summed E-state index contributed by atoms with van der Waals surface area (Å²) in [4.78, 5) is 30.5. The normalized spacial score (nSPS) is 14.4. The third-order valence-electron chi connectivity index (χ3n) is 7.18. The van der Waals surface area contributed by atoms with Crippen LogP contribution in [-0.2, 0) is 27.8 Å². The summed E-state index contributed by atoms with van der Waals surface area (Å²) in [5.41, 5.74) is 1.61. The molecule has 5 aromatic rings. The smallest absolute Gasteiger partial charge is 0.264 e. The SMILES string of the molecule is O=C(NCCn1ncc2c(=O)n(Cc3cccc4ccccc34)cnc21)c1ccc(S(=O)(=O)N2CCOCC2)cc1. The Kier molecular flexibility index (Phi) is 7.35. The van der Waals surface area contributed by atoms with Crippen molar-refractivity contribution < 1.29 is 17.9 Å². The lowest BCUT2D eigenvalue weighted by molar-refractivity contribution is 0.0730. The largest absolute Gasteiger partial charge is 0.379 e. The number of nitrogens with one attached hydrogen (secondary N) is 1. The van der Waals surface area contributed by atoms with Gasteiger partial charge in [-0.05, 0) is 40.6 Å². The molecule has 0 bridgehead atoms. The molecule has 3 heterocycles. The van der Waals surface area contributed by atoms with Crippen molar-refractivity contribution in [3.8, 4) is 0 Å². The van der Waals surface area contributed by atoms with Gasteiger partial charge in [0.2, 0.25) is 10.0 Å². The van der Waals surface area contributed by atoms with E-state index in [-0.39, 0.29) is 22.9 Å². The maximum Gasteiger partial charge on any atom is 0.264 e. The van der Waals surface area contributed by atoms with Crippen LogP contribution in [0.25, 0.3) is 21.8 Å². The Balaban J connectivity index is 1.10. The number of sulfonamides is 1. The number of aromatic nitrogens is 4. The van der Waals surface area contributed by atoms with E-state index in [2.05, 4.69) is 15.4 Å². The number of hydrogen-bond donors (Lipinski definition) is 1. The Bertz CT molecular complexity index is 1890. The summed E-state index contributed by atoms with van der Waals surface area (Å²) in [5, 5.41) is 9.72. The van der Waals surface area contributed by atoms with Crippen LogP contribution in [0.5, 0.6) is 0 Å². The molecule has 1 saturated heterocycles. The van der Waals surface area contributed by atoms with E-state index < -0.39 is 10.0 Å². The Hall–Kier alpha value is -4.39. The zero-order valence-corrected chi connectivity index (χ0v) is 23.0. The van der Waals surface area contributed by atoms with Gasteiger partial charge in [-0.2, -0.15) is 9.40 Å². The standard InChI is InChI=1S/C29H28N6O5S/c36-28(22-8-10-24(11-9-22)41(38,39)34-14-16-40-17-15-34)30-12-13-35-27-26(18-32-35)29(37)33(20-31-27)19-23-6-3-5-21-4-1-2-7-25(21)23/h1-11,18,20H,12-17,19H2,(H,30,36). The van der Waals surface area contributed by atoms with Crippen molar-refractivity contribution in [3.05, 3.63) is 101 Å². The van der Waals surface area contributed by atoms with Crippen molar-refractivity contribution in [1.29, 1.82) is 0 Å². The van der Waals surface area contributed by atoms with Crippen LogP contribution in [0.15, 0.2) is 88.9 Å². The highest BCUT2D eigenvalue weighted by Crippen LogP contribution is 2.20. The van der Waals surface area contributed by atoms with Gasteiger partial charge in [-0.1, -0.05) is 42.5 Å². The number of hydrogen-bond acceptors (Lipinski definition) is 7. The van der Waals surface area contributed by atoms with Crippen LogP contribution in [0.3, 0.4) is 0 Å². The van der Waals surface area contributed by atoms with E-state index in [0.29, 0.717) is 56.0 Å². The molecule has 11 nitrogen and oxygen atoms in total. The molecule has 1 aliphatic rings. The molecule has 41 heavy (non-hydrogen) atoms. The third-order valence-corrected chi connectivity index (χ3v) is 9.09. The summed E-state index contributed by atoms with van der Waals surface area (Å²) in [5.74, 6) is -0.345. The third kappa shape index (κ3) is 5.36. The molecule has 1 amide bonds. The molecular weight excluding hydrogens is 544 g/mol. The highest BCUT2D eigenvalue weighted by molar-refractivity contribution is 7.89. The number of carbonyl (C=O) groups is 1. The maximum atomic E-state index is 13.2. The summed E-state index contributed by atoms with van der Waals surface area (Å²) in [6.07, 6.45) is 3.02. The topological polar surface area (TPSA) is 128 Å². The molecule has 12 heteroatoms. The van der Waals surface area contributed by atoms with Crippen molar-refractivity contribution in [2.75, 3.05) is 32.8 Å². The molecule has 0 unspecified atom stereocenters.